The lowest BCUT2D eigenvalue weighted by atomic mass is 10.4. The minimum Gasteiger partial charge on any atom is -0.249 e. The van der Waals surface area contributed by atoms with Crippen molar-refractivity contribution in [3.8, 4) is 9.88 Å². The number of halogens is 1. The molecule has 0 aromatic carbocycles. The summed E-state index contributed by atoms with van der Waals surface area (Å²) in [5.41, 5.74) is 2.81. The maximum absolute atomic E-state index is 5.64. The Kier molecular flexibility index (Phi) is 2.57. The number of hydrogen-bond acceptors (Lipinski definition) is 5. The zero-order chi connectivity index (χ0) is 9.26. The number of thiazole rings is 1. The van der Waals surface area contributed by atoms with Gasteiger partial charge in [0.05, 0.1) is 22.0 Å². The molecule has 0 aliphatic carbocycles. The Morgan fingerprint density at radius 3 is 2.85 bits per heavy atom. The second-order valence-electron chi connectivity index (χ2n) is 2.40. The minimum atomic E-state index is 0.426. The van der Waals surface area contributed by atoms with E-state index in [1.165, 1.54) is 11.3 Å². The lowest BCUT2D eigenvalue weighted by Crippen LogP contribution is -1.76. The van der Waals surface area contributed by atoms with E-state index in [0.717, 1.165) is 20.6 Å². The molecule has 0 atom stereocenters. The van der Waals surface area contributed by atoms with E-state index < -0.39 is 0 Å². The molecule has 0 radical (unpaired) electrons. The second kappa shape index (κ2) is 3.69. The van der Waals surface area contributed by atoms with Crippen LogP contribution in [0.4, 0.5) is 0 Å². The van der Waals surface area contributed by atoms with Crippen LogP contribution in [0.15, 0.2) is 5.51 Å². The topological polar surface area (TPSA) is 38.7 Å². The van der Waals surface area contributed by atoms with E-state index in [4.69, 9.17) is 11.6 Å². The molecule has 0 amide bonds. The summed E-state index contributed by atoms with van der Waals surface area (Å²) in [5, 5.41) is 9.76. The molecule has 0 fully saturated rings. The molecule has 0 unspecified atom stereocenters. The van der Waals surface area contributed by atoms with Gasteiger partial charge < -0.3 is 0 Å². The average molecular weight is 232 g/mol. The van der Waals surface area contributed by atoms with E-state index in [2.05, 4.69) is 15.2 Å². The molecular weight excluding hydrogens is 226 g/mol. The van der Waals surface area contributed by atoms with Crippen LogP contribution in [0, 0.1) is 6.92 Å². The Balaban J connectivity index is 2.41. The first kappa shape index (κ1) is 9.05. The van der Waals surface area contributed by atoms with Crippen LogP contribution >= 0.6 is 34.3 Å². The van der Waals surface area contributed by atoms with Crippen molar-refractivity contribution in [2.45, 2.75) is 12.8 Å². The fourth-order valence-electron chi connectivity index (χ4n) is 0.907. The number of alkyl halides is 1. The molecule has 0 aliphatic heterocycles. The fourth-order valence-corrected chi connectivity index (χ4v) is 2.76. The quantitative estimate of drug-likeness (QED) is 0.746. The maximum atomic E-state index is 5.64. The Morgan fingerprint density at radius 1 is 1.46 bits per heavy atom. The van der Waals surface area contributed by atoms with Gasteiger partial charge in [-0.3, -0.25) is 0 Å². The monoisotopic (exact) mass is 231 g/mol. The molecule has 68 valence electrons. The molecule has 0 bridgehead atoms. The predicted molar refractivity (Wildman–Crippen MR) is 55.3 cm³/mol. The number of aryl methyl sites for hydroxylation is 1. The van der Waals surface area contributed by atoms with Crippen molar-refractivity contribution < 1.29 is 0 Å². The molecule has 2 rings (SSSR count). The van der Waals surface area contributed by atoms with Gasteiger partial charge in [-0.25, -0.2) is 4.98 Å². The van der Waals surface area contributed by atoms with E-state index in [1.54, 1.807) is 11.3 Å². The lowest BCUT2D eigenvalue weighted by Gasteiger charge is -1.87. The zero-order valence-electron chi connectivity index (χ0n) is 6.82. The first-order valence-electron chi connectivity index (χ1n) is 3.60. The summed E-state index contributed by atoms with van der Waals surface area (Å²) in [6.45, 7) is 1.97. The van der Waals surface area contributed by atoms with Crippen molar-refractivity contribution in [3.63, 3.8) is 0 Å². The summed E-state index contributed by atoms with van der Waals surface area (Å²) >= 11 is 8.74. The van der Waals surface area contributed by atoms with Gasteiger partial charge in [-0.15, -0.1) is 33.1 Å². The summed E-state index contributed by atoms with van der Waals surface area (Å²) in [4.78, 5) is 5.24. The summed E-state index contributed by atoms with van der Waals surface area (Å²) in [7, 11) is 0. The maximum Gasteiger partial charge on any atom is 0.159 e. The van der Waals surface area contributed by atoms with Crippen LogP contribution in [0.1, 0.15) is 10.7 Å². The molecule has 0 aliphatic rings. The molecule has 6 heteroatoms. The van der Waals surface area contributed by atoms with Gasteiger partial charge in [0.25, 0.3) is 0 Å². The Hall–Kier alpha value is -0.520. The number of aromatic nitrogens is 3. The fraction of sp³-hybridized carbons (Fsp3) is 0.286. The first-order valence-corrected chi connectivity index (χ1v) is 5.83. The van der Waals surface area contributed by atoms with Gasteiger partial charge in [0.15, 0.2) is 5.01 Å². The molecule has 2 aromatic heterocycles. The highest BCUT2D eigenvalue weighted by Gasteiger charge is 2.10. The molecule has 3 nitrogen and oxygen atoms in total. The third-order valence-corrected chi connectivity index (χ3v) is 3.94. The summed E-state index contributed by atoms with van der Waals surface area (Å²) in [6.07, 6.45) is 0. The van der Waals surface area contributed by atoms with Crippen LogP contribution in [0.25, 0.3) is 9.88 Å². The van der Waals surface area contributed by atoms with Crippen LogP contribution in [0.2, 0.25) is 0 Å². The van der Waals surface area contributed by atoms with E-state index in [-0.39, 0.29) is 0 Å². The largest absolute Gasteiger partial charge is 0.249 e. The van der Waals surface area contributed by atoms with E-state index in [1.807, 2.05) is 12.4 Å². The van der Waals surface area contributed by atoms with E-state index >= 15 is 0 Å². The summed E-state index contributed by atoms with van der Waals surface area (Å²) in [6, 6.07) is 0. The van der Waals surface area contributed by atoms with Crippen molar-refractivity contribution in [2.75, 3.05) is 0 Å². The molecule has 0 spiro atoms. The van der Waals surface area contributed by atoms with Gasteiger partial charge in [0.2, 0.25) is 0 Å². The third kappa shape index (κ3) is 1.72. The lowest BCUT2D eigenvalue weighted by molar-refractivity contribution is 1.04. The van der Waals surface area contributed by atoms with Crippen molar-refractivity contribution in [2.24, 2.45) is 0 Å². The highest BCUT2D eigenvalue weighted by Crippen LogP contribution is 2.29. The van der Waals surface area contributed by atoms with Gasteiger partial charge in [0, 0.05) is 0 Å². The van der Waals surface area contributed by atoms with Gasteiger partial charge in [-0.1, -0.05) is 11.3 Å². The number of rotatable bonds is 2. The standard InChI is InChI=1S/C7H6ClN3S2/c1-4-6(12-3-9-4)7-11-10-5(2-8)13-7/h3H,2H2,1H3. The van der Waals surface area contributed by atoms with Crippen molar-refractivity contribution in [3.05, 3.63) is 16.2 Å². The summed E-state index contributed by atoms with van der Waals surface area (Å²) < 4.78 is 0. The molecular formula is C7H6ClN3S2. The van der Waals surface area contributed by atoms with Crippen LogP contribution in [-0.2, 0) is 5.88 Å². The van der Waals surface area contributed by atoms with Crippen LogP contribution in [-0.4, -0.2) is 15.2 Å². The highest BCUT2D eigenvalue weighted by atomic mass is 35.5. The smallest absolute Gasteiger partial charge is 0.159 e. The van der Waals surface area contributed by atoms with E-state index in [0.29, 0.717) is 5.88 Å². The number of nitrogens with zero attached hydrogens (tertiary/aromatic N) is 3. The number of hydrogen-bond donors (Lipinski definition) is 0. The molecule has 2 aromatic rings. The molecule has 0 N–H and O–H groups in total. The van der Waals surface area contributed by atoms with Gasteiger partial charge in [-0.05, 0) is 6.92 Å². The normalized spacial score (nSPS) is 10.6. The minimum absolute atomic E-state index is 0.426. The van der Waals surface area contributed by atoms with Gasteiger partial charge in [-0.2, -0.15) is 0 Å². The third-order valence-electron chi connectivity index (χ3n) is 1.52. The SMILES string of the molecule is Cc1ncsc1-c1nnc(CCl)s1. The molecule has 0 saturated carbocycles. The zero-order valence-corrected chi connectivity index (χ0v) is 9.21. The predicted octanol–water partition coefficient (Wildman–Crippen LogP) is 2.71. The van der Waals surface area contributed by atoms with Gasteiger partial charge in [0.1, 0.15) is 5.01 Å². The molecule has 0 saturated heterocycles. The molecule has 13 heavy (non-hydrogen) atoms. The Bertz CT molecular complexity index is 409. The van der Waals surface area contributed by atoms with Crippen molar-refractivity contribution in [1.29, 1.82) is 0 Å². The average Bonchev–Trinajstić information content (AvgIpc) is 2.71. The Morgan fingerprint density at radius 2 is 2.31 bits per heavy atom. The summed E-state index contributed by atoms with van der Waals surface area (Å²) in [5.74, 6) is 0.426. The first-order chi connectivity index (χ1) is 6.31. The van der Waals surface area contributed by atoms with Crippen molar-refractivity contribution >= 4 is 34.3 Å². The second-order valence-corrected chi connectivity index (χ2v) is 4.59. The van der Waals surface area contributed by atoms with Crippen molar-refractivity contribution in [1.82, 2.24) is 15.2 Å². The molecule has 2 heterocycles. The van der Waals surface area contributed by atoms with E-state index in [9.17, 15) is 0 Å². The van der Waals surface area contributed by atoms with Crippen LogP contribution in [0.3, 0.4) is 0 Å². The van der Waals surface area contributed by atoms with Gasteiger partial charge >= 0.3 is 0 Å². The van der Waals surface area contributed by atoms with Crippen LogP contribution < -0.4 is 0 Å². The van der Waals surface area contributed by atoms with Crippen LogP contribution in [0.5, 0.6) is 0 Å². The Labute approximate surface area is 88.4 Å². The highest BCUT2D eigenvalue weighted by molar-refractivity contribution is 7.20.